The van der Waals surface area contributed by atoms with Crippen LogP contribution in [0.3, 0.4) is 0 Å². The Kier molecular flexibility index (Phi) is 7.77. The van der Waals surface area contributed by atoms with Crippen LogP contribution in [0.15, 0.2) is 11.1 Å². The van der Waals surface area contributed by atoms with Crippen LogP contribution in [0.1, 0.15) is 26.7 Å². The maximum atomic E-state index is 5.49. The third-order valence-corrected chi connectivity index (χ3v) is 2.77. The first-order valence-corrected chi connectivity index (χ1v) is 5.24. The maximum absolute atomic E-state index is 5.49. The van der Waals surface area contributed by atoms with E-state index in [9.17, 15) is 0 Å². The molecule has 2 heteroatoms. The Morgan fingerprint density at radius 2 is 2.30 bits per heavy atom. The largest absolute Gasteiger partial charge is 0.158 e. The summed E-state index contributed by atoms with van der Waals surface area (Å²) >= 11 is 7.45. The molecule has 0 spiro atoms. The van der Waals surface area contributed by atoms with Gasteiger partial charge in [-0.15, -0.1) is 0 Å². The van der Waals surface area contributed by atoms with E-state index in [2.05, 4.69) is 13.8 Å². The van der Waals surface area contributed by atoms with Crippen molar-refractivity contribution in [3.05, 3.63) is 11.1 Å². The highest BCUT2D eigenvalue weighted by Crippen LogP contribution is 2.09. The van der Waals surface area contributed by atoms with Gasteiger partial charge >= 0.3 is 0 Å². The van der Waals surface area contributed by atoms with Crippen LogP contribution in [0.2, 0.25) is 0 Å². The van der Waals surface area contributed by atoms with E-state index in [1.54, 1.807) is 5.54 Å². The predicted molar refractivity (Wildman–Crippen MR) is 51.8 cm³/mol. The maximum Gasteiger partial charge on any atom is 0.0152 e. The van der Waals surface area contributed by atoms with Crippen molar-refractivity contribution in [2.45, 2.75) is 26.7 Å². The van der Waals surface area contributed by atoms with Crippen molar-refractivity contribution in [1.82, 2.24) is 0 Å². The Bertz CT molecular complexity index is 99.4. The summed E-state index contributed by atoms with van der Waals surface area (Å²) in [5.41, 5.74) is 2.93. The molecule has 0 aromatic heterocycles. The van der Waals surface area contributed by atoms with Crippen molar-refractivity contribution >= 4 is 23.4 Å². The van der Waals surface area contributed by atoms with E-state index in [1.807, 2.05) is 11.8 Å². The number of hydrogen-bond donors (Lipinski definition) is 0. The van der Waals surface area contributed by atoms with Gasteiger partial charge in [0.15, 0.2) is 0 Å². The second-order valence-electron chi connectivity index (χ2n) is 2.36. The van der Waals surface area contributed by atoms with E-state index < -0.39 is 0 Å². The third-order valence-electron chi connectivity index (χ3n) is 1.16. The van der Waals surface area contributed by atoms with Gasteiger partial charge in [0.05, 0.1) is 0 Å². The van der Waals surface area contributed by atoms with Crippen LogP contribution in [-0.2, 0) is 0 Å². The van der Waals surface area contributed by atoms with Crippen LogP contribution in [0, 0.1) is 0 Å². The highest BCUT2D eigenvalue weighted by Gasteiger charge is 1.89. The number of thioether (sulfide) groups is 1. The van der Waals surface area contributed by atoms with Crippen molar-refractivity contribution in [3.8, 4) is 0 Å². The second-order valence-corrected chi connectivity index (χ2v) is 3.68. The van der Waals surface area contributed by atoms with Crippen LogP contribution in [0.4, 0.5) is 0 Å². The number of halogens is 1. The molecule has 0 unspecified atom stereocenters. The minimum absolute atomic E-state index is 1.09. The van der Waals surface area contributed by atoms with Gasteiger partial charge in [0.25, 0.3) is 0 Å². The smallest absolute Gasteiger partial charge is 0.0152 e. The van der Waals surface area contributed by atoms with Crippen LogP contribution in [-0.4, -0.2) is 11.5 Å². The average Bonchev–Trinajstić information content (AvgIpc) is 1.98. The molecule has 0 bridgehead atoms. The van der Waals surface area contributed by atoms with Crippen molar-refractivity contribution in [1.29, 1.82) is 0 Å². The van der Waals surface area contributed by atoms with Crippen molar-refractivity contribution in [2.24, 2.45) is 0 Å². The first kappa shape index (κ1) is 10.4. The molecule has 0 rings (SSSR count). The number of hydrogen-bond acceptors (Lipinski definition) is 1. The van der Waals surface area contributed by atoms with Crippen LogP contribution in [0.25, 0.3) is 0 Å². The molecule has 0 heterocycles. The molecule has 0 amide bonds. The molecule has 0 N–H and O–H groups in total. The Labute approximate surface area is 73.0 Å². The lowest BCUT2D eigenvalue weighted by molar-refractivity contribution is 0.896. The van der Waals surface area contributed by atoms with Gasteiger partial charge in [0, 0.05) is 11.3 Å². The summed E-state index contributed by atoms with van der Waals surface area (Å²) in [6.45, 7) is 4.27. The molecule has 0 aliphatic rings. The monoisotopic (exact) mass is 178 g/mol. The van der Waals surface area contributed by atoms with Gasteiger partial charge < -0.3 is 0 Å². The lowest BCUT2D eigenvalue weighted by Gasteiger charge is -1.98. The van der Waals surface area contributed by atoms with E-state index in [-0.39, 0.29) is 0 Å². The standard InChI is InChI=1S/C8H15ClS/c1-3-4-5-10-7-8(2)6-9/h6H,3-5,7H2,1-2H3/b8-6+. The normalized spacial score (nSPS) is 12.1. The van der Waals surface area contributed by atoms with Gasteiger partial charge in [-0.1, -0.05) is 30.5 Å². The molecule has 0 aliphatic carbocycles. The highest BCUT2D eigenvalue weighted by molar-refractivity contribution is 7.99. The summed E-state index contributed by atoms with van der Waals surface area (Å²) in [7, 11) is 0. The quantitative estimate of drug-likeness (QED) is 0.579. The lowest BCUT2D eigenvalue weighted by Crippen LogP contribution is -1.83. The van der Waals surface area contributed by atoms with Crippen LogP contribution < -0.4 is 0 Å². The van der Waals surface area contributed by atoms with Crippen LogP contribution in [0.5, 0.6) is 0 Å². The molecular weight excluding hydrogens is 164 g/mol. The van der Waals surface area contributed by atoms with E-state index in [0.717, 1.165) is 5.75 Å². The van der Waals surface area contributed by atoms with E-state index in [1.165, 1.54) is 24.2 Å². The Morgan fingerprint density at radius 1 is 1.60 bits per heavy atom. The fraction of sp³-hybridized carbons (Fsp3) is 0.750. The summed E-state index contributed by atoms with van der Waals surface area (Å²) in [5, 5.41) is 0. The molecule has 0 fully saturated rings. The highest BCUT2D eigenvalue weighted by atomic mass is 35.5. The molecule has 10 heavy (non-hydrogen) atoms. The zero-order chi connectivity index (χ0) is 7.82. The second kappa shape index (κ2) is 7.49. The van der Waals surface area contributed by atoms with E-state index in [0.29, 0.717) is 0 Å². The summed E-state index contributed by atoms with van der Waals surface area (Å²) in [6.07, 6.45) is 2.61. The topological polar surface area (TPSA) is 0 Å². The molecule has 0 aromatic carbocycles. The molecular formula is C8H15ClS. The lowest BCUT2D eigenvalue weighted by atomic mass is 10.4. The molecule has 60 valence electrons. The molecule has 0 aromatic rings. The zero-order valence-electron chi connectivity index (χ0n) is 6.69. The van der Waals surface area contributed by atoms with Gasteiger partial charge in [0.1, 0.15) is 0 Å². The Hall–Kier alpha value is 0.380. The van der Waals surface area contributed by atoms with Crippen molar-refractivity contribution in [2.75, 3.05) is 11.5 Å². The fourth-order valence-corrected chi connectivity index (χ4v) is 1.72. The molecule has 0 nitrogen and oxygen atoms in total. The fourth-order valence-electron chi connectivity index (χ4n) is 0.511. The summed E-state index contributed by atoms with van der Waals surface area (Å²) < 4.78 is 0. The van der Waals surface area contributed by atoms with Gasteiger partial charge in [-0.2, -0.15) is 11.8 Å². The van der Waals surface area contributed by atoms with Gasteiger partial charge in [0.2, 0.25) is 0 Å². The first-order chi connectivity index (χ1) is 4.81. The van der Waals surface area contributed by atoms with E-state index in [4.69, 9.17) is 11.6 Å². The van der Waals surface area contributed by atoms with Gasteiger partial charge in [-0.25, -0.2) is 0 Å². The first-order valence-electron chi connectivity index (χ1n) is 3.64. The third kappa shape index (κ3) is 6.50. The molecule has 0 saturated carbocycles. The minimum atomic E-state index is 1.09. The SMILES string of the molecule is CCCCSC/C(C)=C/Cl. The molecule has 0 radical (unpaired) electrons. The number of rotatable bonds is 5. The van der Waals surface area contributed by atoms with Crippen molar-refractivity contribution in [3.63, 3.8) is 0 Å². The zero-order valence-corrected chi connectivity index (χ0v) is 8.26. The summed E-state index contributed by atoms with van der Waals surface area (Å²) in [6, 6.07) is 0. The summed E-state index contributed by atoms with van der Waals surface area (Å²) in [5.74, 6) is 2.35. The Balaban J connectivity index is 3.04. The van der Waals surface area contributed by atoms with Crippen molar-refractivity contribution < 1.29 is 0 Å². The number of unbranched alkanes of at least 4 members (excludes halogenated alkanes) is 1. The van der Waals surface area contributed by atoms with Gasteiger partial charge in [-0.3, -0.25) is 0 Å². The van der Waals surface area contributed by atoms with Gasteiger partial charge in [-0.05, 0) is 19.1 Å². The van der Waals surface area contributed by atoms with E-state index >= 15 is 0 Å². The molecule has 0 saturated heterocycles. The van der Waals surface area contributed by atoms with Crippen LogP contribution >= 0.6 is 23.4 Å². The minimum Gasteiger partial charge on any atom is -0.158 e. The molecule has 0 atom stereocenters. The Morgan fingerprint density at radius 3 is 2.80 bits per heavy atom. The summed E-state index contributed by atoms with van der Waals surface area (Å²) in [4.78, 5) is 0. The predicted octanol–water partition coefficient (Wildman–Crippen LogP) is 3.66. The average molecular weight is 179 g/mol. The molecule has 0 aliphatic heterocycles.